The van der Waals surface area contributed by atoms with Crippen LogP contribution in [-0.2, 0) is 28.7 Å². The van der Waals surface area contributed by atoms with E-state index < -0.39 is 28.4 Å². The molecule has 2 aromatic carbocycles. The maximum Gasteiger partial charge on any atom is 0.420 e. The summed E-state index contributed by atoms with van der Waals surface area (Å²) < 4.78 is 41.1. The number of halogens is 4. The van der Waals surface area contributed by atoms with Crippen LogP contribution in [0.5, 0.6) is 5.75 Å². The van der Waals surface area contributed by atoms with Gasteiger partial charge >= 0.3 is 12.2 Å². The summed E-state index contributed by atoms with van der Waals surface area (Å²) in [5.74, 6) is -1.29. The van der Waals surface area contributed by atoms with Gasteiger partial charge in [-0.15, -0.1) is 0 Å². The van der Waals surface area contributed by atoms with E-state index in [-0.39, 0.29) is 42.3 Å². The Bertz CT molecular complexity index is 1500. The molecule has 4 aliphatic rings. The molecule has 4 aliphatic heterocycles. The average Bonchev–Trinajstić information content (AvgIpc) is 3.09. The molecule has 0 saturated carbocycles. The van der Waals surface area contributed by atoms with Gasteiger partial charge in [0.2, 0.25) is 11.8 Å². The number of alkyl halides is 3. The number of carbonyl (C=O) groups excluding carboxylic acids is 3. The third-order valence-corrected chi connectivity index (χ3v) is 11.0. The van der Waals surface area contributed by atoms with Crippen molar-refractivity contribution in [2.24, 2.45) is 17.8 Å². The maximum absolute atomic E-state index is 14.0. The summed E-state index contributed by atoms with van der Waals surface area (Å²) in [5.41, 5.74) is 0.697. The zero-order chi connectivity index (χ0) is 34.0. The number of nitrogens with zero attached hydrogens (tertiary/aromatic N) is 3. The first-order valence-corrected chi connectivity index (χ1v) is 17.4. The third-order valence-electron chi connectivity index (χ3n) is 10.7. The van der Waals surface area contributed by atoms with E-state index in [0.29, 0.717) is 57.4 Å². The van der Waals surface area contributed by atoms with E-state index in [1.807, 2.05) is 24.3 Å². The molecular formula is C35H43ClF3N5O4. The van der Waals surface area contributed by atoms with Gasteiger partial charge in [-0.1, -0.05) is 29.8 Å². The quantitative estimate of drug-likeness (QED) is 0.337. The van der Waals surface area contributed by atoms with E-state index in [9.17, 15) is 32.7 Å². The maximum atomic E-state index is 14.0. The molecule has 6 rings (SSSR count). The number of piperidine rings is 3. The molecule has 0 bridgehead atoms. The van der Waals surface area contributed by atoms with Gasteiger partial charge in [0.1, 0.15) is 5.75 Å². The second-order valence-corrected chi connectivity index (χ2v) is 14.1. The van der Waals surface area contributed by atoms with Crippen LogP contribution in [0, 0.1) is 17.8 Å². The molecule has 13 heteroatoms. The predicted octanol–water partition coefficient (Wildman–Crippen LogP) is 5.89. The van der Waals surface area contributed by atoms with Gasteiger partial charge in [0.05, 0.1) is 16.5 Å². The summed E-state index contributed by atoms with van der Waals surface area (Å²) in [6, 6.07) is 9.50. The average molecular weight is 690 g/mol. The minimum atomic E-state index is -4.84. The second-order valence-electron chi connectivity index (χ2n) is 13.7. The van der Waals surface area contributed by atoms with Crippen LogP contribution in [0.25, 0.3) is 0 Å². The zero-order valence-corrected chi connectivity index (χ0v) is 27.7. The fourth-order valence-electron chi connectivity index (χ4n) is 7.97. The molecule has 0 unspecified atom stereocenters. The van der Waals surface area contributed by atoms with Crippen molar-refractivity contribution in [3.63, 3.8) is 0 Å². The van der Waals surface area contributed by atoms with Crippen LogP contribution in [-0.4, -0.2) is 83.0 Å². The fraction of sp³-hybridized carbons (Fsp3) is 0.571. The Balaban J connectivity index is 1.13. The SMILES string of the molecule is O=C(C[C@H](Cc1cc(Cl)c(O)c(C(F)(F)F)c1)C(=O)N1CCC(C2CCNCC2)CC1)N1CCC(N2Cc3ccccc3NC2=O)CC1. The molecule has 1 atom stereocenters. The van der Waals surface area contributed by atoms with Crippen molar-refractivity contribution < 1.29 is 32.7 Å². The van der Waals surface area contributed by atoms with Crippen LogP contribution >= 0.6 is 11.6 Å². The van der Waals surface area contributed by atoms with Crippen LogP contribution in [0.3, 0.4) is 0 Å². The first-order chi connectivity index (χ1) is 23.0. The highest BCUT2D eigenvalue weighted by Crippen LogP contribution is 2.41. The second kappa shape index (κ2) is 14.5. The highest BCUT2D eigenvalue weighted by Gasteiger charge is 2.38. The molecule has 4 heterocycles. The van der Waals surface area contributed by atoms with Crippen molar-refractivity contribution in [2.45, 2.75) is 70.1 Å². The van der Waals surface area contributed by atoms with Crippen molar-refractivity contribution in [1.82, 2.24) is 20.0 Å². The number of urea groups is 1. The van der Waals surface area contributed by atoms with Gasteiger partial charge in [-0.3, -0.25) is 9.59 Å². The number of hydrogen-bond acceptors (Lipinski definition) is 5. The standard InChI is InChI=1S/C35H43ClF3N5O4/c36-29-19-22(18-28(32(29)46)35(37,38)39)17-26(33(47)43-13-7-24(8-14-43)23-5-11-40-12-6-23)20-31(45)42-15-9-27(10-16-42)44-21-25-3-1-2-4-30(25)41-34(44)48/h1-4,18-19,23-24,26-27,40,46H,5-17,20-21H2,(H,41,48)/t26-/m0/s1. The normalized spacial score (nSPS) is 20.8. The minimum absolute atomic E-state index is 0.0546. The zero-order valence-electron chi connectivity index (χ0n) is 26.9. The third kappa shape index (κ3) is 7.70. The topological polar surface area (TPSA) is 105 Å². The lowest BCUT2D eigenvalue weighted by Gasteiger charge is -2.41. The van der Waals surface area contributed by atoms with Gasteiger partial charge in [0, 0.05) is 50.9 Å². The van der Waals surface area contributed by atoms with E-state index in [1.165, 1.54) is 6.07 Å². The summed E-state index contributed by atoms with van der Waals surface area (Å²) in [5, 5.41) is 15.9. The first-order valence-electron chi connectivity index (χ1n) is 17.0. The monoisotopic (exact) mass is 689 g/mol. The molecule has 3 fully saturated rings. The van der Waals surface area contributed by atoms with Gasteiger partial charge < -0.3 is 30.4 Å². The van der Waals surface area contributed by atoms with Crippen molar-refractivity contribution >= 4 is 35.1 Å². The predicted molar refractivity (Wildman–Crippen MR) is 175 cm³/mol. The number of aromatic hydroxyl groups is 1. The molecule has 0 aromatic heterocycles. The summed E-state index contributed by atoms with van der Waals surface area (Å²) in [7, 11) is 0. The smallest absolute Gasteiger partial charge is 0.420 e. The van der Waals surface area contributed by atoms with Crippen molar-refractivity contribution in [3.05, 3.63) is 58.1 Å². The molecular weight excluding hydrogens is 647 g/mol. The molecule has 3 N–H and O–H groups in total. The Morgan fingerprint density at radius 1 is 0.938 bits per heavy atom. The number of phenols is 1. The molecule has 260 valence electrons. The van der Waals surface area contributed by atoms with E-state index in [0.717, 1.165) is 56.1 Å². The Kier molecular flexibility index (Phi) is 10.4. The number of likely N-dealkylation sites (tertiary alicyclic amines) is 2. The number of phenolic OH excluding ortho intramolecular Hbond substituents is 1. The summed E-state index contributed by atoms with van der Waals surface area (Å²) in [6.07, 6.45) is -0.00514. The molecule has 2 aromatic rings. The molecule has 0 spiro atoms. The minimum Gasteiger partial charge on any atom is -0.506 e. The lowest BCUT2D eigenvalue weighted by Crippen LogP contribution is -2.51. The molecule has 0 aliphatic carbocycles. The van der Waals surface area contributed by atoms with Gasteiger partial charge in [-0.05, 0) is 99.2 Å². The number of anilines is 1. The Morgan fingerprint density at radius 3 is 2.27 bits per heavy atom. The highest BCUT2D eigenvalue weighted by molar-refractivity contribution is 6.32. The van der Waals surface area contributed by atoms with Gasteiger partial charge in [0.25, 0.3) is 0 Å². The summed E-state index contributed by atoms with van der Waals surface area (Å²) >= 11 is 6.01. The van der Waals surface area contributed by atoms with Crippen molar-refractivity contribution in [3.8, 4) is 5.75 Å². The Morgan fingerprint density at radius 2 is 1.58 bits per heavy atom. The molecule has 3 saturated heterocycles. The molecule has 9 nitrogen and oxygen atoms in total. The number of carbonyl (C=O) groups is 3. The number of benzene rings is 2. The van der Waals surface area contributed by atoms with Crippen LogP contribution in [0.2, 0.25) is 5.02 Å². The number of nitrogens with one attached hydrogen (secondary N) is 2. The Labute approximate surface area is 283 Å². The summed E-state index contributed by atoms with van der Waals surface area (Å²) in [6.45, 7) is 4.39. The molecule has 48 heavy (non-hydrogen) atoms. The lowest BCUT2D eigenvalue weighted by atomic mass is 9.79. The van der Waals surface area contributed by atoms with Crippen LogP contribution in [0.4, 0.5) is 23.7 Å². The highest BCUT2D eigenvalue weighted by atomic mass is 35.5. The van der Waals surface area contributed by atoms with E-state index in [4.69, 9.17) is 11.6 Å². The van der Waals surface area contributed by atoms with Gasteiger partial charge in [0.15, 0.2) is 0 Å². The number of para-hydroxylation sites is 1. The summed E-state index contributed by atoms with van der Waals surface area (Å²) in [4.78, 5) is 45.8. The Hall–Kier alpha value is -3.51. The van der Waals surface area contributed by atoms with Crippen LogP contribution in [0.15, 0.2) is 36.4 Å². The number of hydrogen-bond donors (Lipinski definition) is 3. The molecule has 4 amide bonds. The molecule has 0 radical (unpaired) electrons. The van der Waals surface area contributed by atoms with Gasteiger partial charge in [-0.25, -0.2) is 4.79 Å². The van der Waals surface area contributed by atoms with Gasteiger partial charge in [-0.2, -0.15) is 13.2 Å². The lowest BCUT2D eigenvalue weighted by molar-refractivity contribution is -0.143. The van der Waals surface area contributed by atoms with Crippen LogP contribution < -0.4 is 10.6 Å². The van der Waals surface area contributed by atoms with E-state index >= 15 is 0 Å². The first kappa shape index (κ1) is 34.4. The van der Waals surface area contributed by atoms with E-state index in [1.54, 1.807) is 14.7 Å². The van der Waals surface area contributed by atoms with Crippen molar-refractivity contribution in [2.75, 3.05) is 44.6 Å². The number of fused-ring (bicyclic) bond motifs is 1. The van der Waals surface area contributed by atoms with Crippen molar-refractivity contribution in [1.29, 1.82) is 0 Å². The fourth-order valence-corrected chi connectivity index (χ4v) is 8.21. The van der Waals surface area contributed by atoms with Crippen LogP contribution in [0.1, 0.15) is 61.6 Å². The van der Waals surface area contributed by atoms with E-state index in [2.05, 4.69) is 10.6 Å². The number of amides is 4. The largest absolute Gasteiger partial charge is 0.506 e. The number of rotatable bonds is 7.